The molecule has 0 aliphatic carbocycles. The van der Waals surface area contributed by atoms with Crippen molar-refractivity contribution in [2.45, 2.75) is 6.18 Å². The van der Waals surface area contributed by atoms with Crippen molar-refractivity contribution in [2.75, 3.05) is 11.1 Å². The highest BCUT2D eigenvalue weighted by molar-refractivity contribution is 5.84. The van der Waals surface area contributed by atoms with Gasteiger partial charge in [-0.3, -0.25) is 0 Å². The Labute approximate surface area is 164 Å². The molecule has 0 fully saturated rings. The number of nitrogen functional groups attached to an aromatic ring is 1. The molecule has 0 amide bonds. The van der Waals surface area contributed by atoms with Crippen molar-refractivity contribution in [3.8, 4) is 11.6 Å². The minimum Gasteiger partial charge on any atom is -0.437 e. The lowest BCUT2D eigenvalue weighted by atomic mass is 10.1. The third-order valence-electron chi connectivity index (χ3n) is 4.26. The molecule has 8 heteroatoms. The molecular formula is C21H15F3N4O. The van der Waals surface area contributed by atoms with Crippen LogP contribution >= 0.6 is 0 Å². The van der Waals surface area contributed by atoms with Gasteiger partial charge in [0, 0.05) is 5.69 Å². The van der Waals surface area contributed by atoms with Gasteiger partial charge in [-0.1, -0.05) is 30.3 Å². The lowest BCUT2D eigenvalue weighted by molar-refractivity contribution is -0.137. The Bertz CT molecular complexity index is 1160. The first-order chi connectivity index (χ1) is 13.9. The summed E-state index contributed by atoms with van der Waals surface area (Å²) in [6, 6.07) is 18.0. The van der Waals surface area contributed by atoms with Crippen LogP contribution in [0.4, 0.5) is 30.4 Å². The second kappa shape index (κ2) is 7.31. The average molecular weight is 396 g/mol. The summed E-state index contributed by atoms with van der Waals surface area (Å²) in [5, 5.41) is 4.95. The van der Waals surface area contributed by atoms with Gasteiger partial charge < -0.3 is 15.8 Å². The van der Waals surface area contributed by atoms with E-state index in [1.165, 1.54) is 18.5 Å². The molecule has 5 nitrogen and oxygen atoms in total. The zero-order valence-corrected chi connectivity index (χ0v) is 14.9. The molecular weight excluding hydrogens is 381 g/mol. The molecule has 0 aliphatic rings. The molecule has 1 heterocycles. The Morgan fingerprint density at radius 3 is 2.31 bits per heavy atom. The molecule has 0 bridgehead atoms. The van der Waals surface area contributed by atoms with Crippen molar-refractivity contribution in [2.24, 2.45) is 0 Å². The Hall–Kier alpha value is -3.81. The van der Waals surface area contributed by atoms with Gasteiger partial charge in [-0.15, -0.1) is 0 Å². The Morgan fingerprint density at radius 1 is 0.862 bits per heavy atom. The zero-order chi connectivity index (χ0) is 20.4. The van der Waals surface area contributed by atoms with Gasteiger partial charge in [0.15, 0.2) is 5.82 Å². The number of nitrogens with zero attached hydrogens (tertiary/aromatic N) is 2. The topological polar surface area (TPSA) is 73.1 Å². The van der Waals surface area contributed by atoms with E-state index in [1.807, 2.05) is 36.4 Å². The van der Waals surface area contributed by atoms with E-state index >= 15 is 0 Å². The fourth-order valence-electron chi connectivity index (χ4n) is 2.78. The molecule has 146 valence electrons. The molecule has 4 aromatic rings. The number of alkyl halides is 3. The molecule has 0 aliphatic heterocycles. The second-order valence-corrected chi connectivity index (χ2v) is 6.25. The van der Waals surface area contributed by atoms with Crippen LogP contribution in [0.5, 0.6) is 11.6 Å². The van der Waals surface area contributed by atoms with Gasteiger partial charge in [0.2, 0.25) is 5.88 Å². The zero-order valence-electron chi connectivity index (χ0n) is 14.9. The summed E-state index contributed by atoms with van der Waals surface area (Å²) < 4.78 is 43.9. The standard InChI is InChI=1S/C21H15F3N4O/c22-21(23,24)15-6-8-16(9-7-15)28-19-18(25)20(27-12-26-19)29-17-10-5-13-3-1-2-4-14(13)11-17/h1-12H,25H2,(H,26,27,28). The van der Waals surface area contributed by atoms with Crippen molar-refractivity contribution in [1.82, 2.24) is 9.97 Å². The highest BCUT2D eigenvalue weighted by Gasteiger charge is 2.30. The smallest absolute Gasteiger partial charge is 0.416 e. The third-order valence-corrected chi connectivity index (χ3v) is 4.26. The highest BCUT2D eigenvalue weighted by Crippen LogP contribution is 2.33. The fourth-order valence-corrected chi connectivity index (χ4v) is 2.78. The number of hydrogen-bond donors (Lipinski definition) is 2. The molecule has 4 rings (SSSR count). The minimum absolute atomic E-state index is 0.139. The van der Waals surface area contributed by atoms with Crippen LogP contribution in [-0.2, 0) is 6.18 Å². The third kappa shape index (κ3) is 4.06. The van der Waals surface area contributed by atoms with Crippen molar-refractivity contribution >= 4 is 28.0 Å². The molecule has 0 radical (unpaired) electrons. The number of aromatic nitrogens is 2. The van der Waals surface area contributed by atoms with Crippen LogP contribution in [0.15, 0.2) is 73.1 Å². The molecule has 0 saturated heterocycles. The van der Waals surface area contributed by atoms with Gasteiger partial charge in [-0.25, -0.2) is 4.98 Å². The van der Waals surface area contributed by atoms with Crippen LogP contribution in [0.3, 0.4) is 0 Å². The van der Waals surface area contributed by atoms with Crippen molar-refractivity contribution < 1.29 is 17.9 Å². The van der Waals surface area contributed by atoms with Gasteiger partial charge in [-0.2, -0.15) is 18.2 Å². The average Bonchev–Trinajstić information content (AvgIpc) is 2.71. The van der Waals surface area contributed by atoms with Gasteiger partial charge >= 0.3 is 6.18 Å². The fraction of sp³-hybridized carbons (Fsp3) is 0.0476. The quantitative estimate of drug-likeness (QED) is 0.458. The van der Waals surface area contributed by atoms with Crippen LogP contribution in [0, 0.1) is 0 Å². The number of ether oxygens (including phenoxy) is 1. The maximum Gasteiger partial charge on any atom is 0.416 e. The molecule has 3 aromatic carbocycles. The first kappa shape index (κ1) is 18.5. The van der Waals surface area contributed by atoms with Crippen LogP contribution in [0.1, 0.15) is 5.56 Å². The van der Waals surface area contributed by atoms with E-state index in [0.717, 1.165) is 22.9 Å². The van der Waals surface area contributed by atoms with E-state index in [0.29, 0.717) is 11.4 Å². The van der Waals surface area contributed by atoms with E-state index < -0.39 is 11.7 Å². The molecule has 0 saturated carbocycles. The lowest BCUT2D eigenvalue weighted by Crippen LogP contribution is -2.05. The predicted octanol–water partition coefficient (Wildman–Crippen LogP) is 5.77. The summed E-state index contributed by atoms with van der Waals surface area (Å²) in [7, 11) is 0. The minimum atomic E-state index is -4.40. The number of halogens is 3. The van der Waals surface area contributed by atoms with Crippen molar-refractivity contribution in [3.63, 3.8) is 0 Å². The number of anilines is 3. The maximum atomic E-state index is 12.7. The predicted molar refractivity (Wildman–Crippen MR) is 105 cm³/mol. The summed E-state index contributed by atoms with van der Waals surface area (Å²) >= 11 is 0. The van der Waals surface area contributed by atoms with E-state index in [9.17, 15) is 13.2 Å². The SMILES string of the molecule is Nc1c(Nc2ccc(C(F)(F)F)cc2)ncnc1Oc1ccc2ccccc2c1. The van der Waals surface area contributed by atoms with Crippen LogP contribution < -0.4 is 15.8 Å². The lowest BCUT2D eigenvalue weighted by Gasteiger charge is -2.13. The second-order valence-electron chi connectivity index (χ2n) is 6.25. The number of nitrogens with two attached hydrogens (primary N) is 1. The Kier molecular flexibility index (Phi) is 4.67. The Morgan fingerprint density at radius 2 is 1.59 bits per heavy atom. The van der Waals surface area contributed by atoms with E-state index in [-0.39, 0.29) is 17.4 Å². The number of fused-ring (bicyclic) bond motifs is 1. The number of rotatable bonds is 4. The number of hydrogen-bond acceptors (Lipinski definition) is 5. The first-order valence-electron chi connectivity index (χ1n) is 8.61. The Balaban J connectivity index is 1.56. The summed E-state index contributed by atoms with van der Waals surface area (Å²) in [4.78, 5) is 8.10. The number of benzene rings is 3. The van der Waals surface area contributed by atoms with Crippen LogP contribution in [0.2, 0.25) is 0 Å². The van der Waals surface area contributed by atoms with Gasteiger partial charge in [-0.05, 0) is 47.2 Å². The summed E-state index contributed by atoms with van der Waals surface area (Å²) in [6.07, 6.45) is -3.13. The highest BCUT2D eigenvalue weighted by atomic mass is 19.4. The molecule has 29 heavy (non-hydrogen) atoms. The van der Waals surface area contributed by atoms with Gasteiger partial charge in [0.1, 0.15) is 17.8 Å². The van der Waals surface area contributed by atoms with Crippen molar-refractivity contribution in [1.29, 1.82) is 0 Å². The van der Waals surface area contributed by atoms with E-state index in [4.69, 9.17) is 10.5 Å². The largest absolute Gasteiger partial charge is 0.437 e. The van der Waals surface area contributed by atoms with Gasteiger partial charge in [0.05, 0.1) is 5.56 Å². The van der Waals surface area contributed by atoms with Crippen LogP contribution in [-0.4, -0.2) is 9.97 Å². The van der Waals surface area contributed by atoms with E-state index in [2.05, 4.69) is 15.3 Å². The molecule has 0 atom stereocenters. The number of nitrogens with one attached hydrogen (secondary N) is 1. The van der Waals surface area contributed by atoms with Gasteiger partial charge in [0.25, 0.3) is 0 Å². The molecule has 0 unspecified atom stereocenters. The molecule has 0 spiro atoms. The molecule has 3 N–H and O–H groups in total. The maximum absolute atomic E-state index is 12.7. The van der Waals surface area contributed by atoms with E-state index in [1.54, 1.807) is 6.07 Å². The summed E-state index contributed by atoms with van der Waals surface area (Å²) in [5.41, 5.74) is 5.90. The summed E-state index contributed by atoms with van der Waals surface area (Å²) in [5.74, 6) is 0.926. The molecule has 1 aromatic heterocycles. The monoisotopic (exact) mass is 396 g/mol. The van der Waals surface area contributed by atoms with Crippen molar-refractivity contribution in [3.05, 3.63) is 78.6 Å². The first-order valence-corrected chi connectivity index (χ1v) is 8.61. The normalized spacial score (nSPS) is 11.4. The van der Waals surface area contributed by atoms with Crippen LogP contribution in [0.25, 0.3) is 10.8 Å². The summed E-state index contributed by atoms with van der Waals surface area (Å²) in [6.45, 7) is 0.